The van der Waals surface area contributed by atoms with Gasteiger partial charge < -0.3 is 16.0 Å². The van der Waals surface area contributed by atoms with Gasteiger partial charge in [-0.1, -0.05) is 24.3 Å². The molecule has 0 aliphatic rings. The van der Waals surface area contributed by atoms with Crippen LogP contribution in [0.15, 0.2) is 48.5 Å². The van der Waals surface area contributed by atoms with Gasteiger partial charge in [-0.05, 0) is 29.8 Å². The molecule has 3 N–H and O–H groups in total. The first-order valence-electron chi connectivity index (χ1n) is 7.33. The second-order valence-electron chi connectivity index (χ2n) is 5.21. The number of amides is 3. The number of alkyl halides is 3. The maximum atomic E-state index is 12.7. The number of carbonyl (C=O) groups is 2. The summed E-state index contributed by atoms with van der Waals surface area (Å²) in [5.74, 6) is -0.462. The minimum Gasteiger partial charge on any atom is -0.341 e. The molecule has 0 spiro atoms. The lowest BCUT2D eigenvalue weighted by Crippen LogP contribution is -2.24. The van der Waals surface area contributed by atoms with E-state index in [4.69, 9.17) is 0 Å². The van der Waals surface area contributed by atoms with Gasteiger partial charge in [0.1, 0.15) is 0 Å². The van der Waals surface area contributed by atoms with E-state index in [1.165, 1.54) is 19.2 Å². The van der Waals surface area contributed by atoms with E-state index in [2.05, 4.69) is 16.0 Å². The van der Waals surface area contributed by atoms with E-state index in [0.29, 0.717) is 11.4 Å². The molecule has 2 aromatic rings. The van der Waals surface area contributed by atoms with Gasteiger partial charge in [-0.2, -0.15) is 13.2 Å². The number of urea groups is 1. The Balaban J connectivity index is 2.03. The van der Waals surface area contributed by atoms with E-state index in [0.717, 1.165) is 12.1 Å². The zero-order valence-electron chi connectivity index (χ0n) is 13.3. The van der Waals surface area contributed by atoms with Gasteiger partial charge in [0.05, 0.1) is 12.0 Å². The van der Waals surface area contributed by atoms with Crippen molar-refractivity contribution in [2.75, 3.05) is 17.7 Å². The van der Waals surface area contributed by atoms with Crippen LogP contribution in [0.3, 0.4) is 0 Å². The molecule has 3 amide bonds. The molecule has 132 valence electrons. The fourth-order valence-electron chi connectivity index (χ4n) is 2.12. The topological polar surface area (TPSA) is 70.2 Å². The van der Waals surface area contributed by atoms with Gasteiger partial charge in [-0.15, -0.1) is 0 Å². The minimum absolute atomic E-state index is 0.197. The smallest absolute Gasteiger partial charge is 0.341 e. The van der Waals surface area contributed by atoms with Gasteiger partial charge in [-0.25, -0.2) is 4.79 Å². The van der Waals surface area contributed by atoms with Crippen LogP contribution in [0.2, 0.25) is 0 Å². The predicted octanol–water partition coefficient (Wildman–Crippen LogP) is 3.64. The van der Waals surface area contributed by atoms with Crippen LogP contribution in [-0.2, 0) is 17.4 Å². The fourth-order valence-corrected chi connectivity index (χ4v) is 2.12. The summed E-state index contributed by atoms with van der Waals surface area (Å²) in [7, 11) is 1.47. The Morgan fingerprint density at radius 3 is 2.24 bits per heavy atom. The van der Waals surface area contributed by atoms with Crippen LogP contribution >= 0.6 is 0 Å². The summed E-state index contributed by atoms with van der Waals surface area (Å²) in [6.07, 6.45) is -4.65. The van der Waals surface area contributed by atoms with Crippen molar-refractivity contribution in [1.29, 1.82) is 0 Å². The number of halogens is 3. The van der Waals surface area contributed by atoms with Gasteiger partial charge in [0, 0.05) is 18.4 Å². The third-order valence-electron chi connectivity index (χ3n) is 3.25. The van der Waals surface area contributed by atoms with Crippen LogP contribution in [0, 0.1) is 0 Å². The molecule has 0 bridgehead atoms. The van der Waals surface area contributed by atoms with Crippen LogP contribution in [0.5, 0.6) is 0 Å². The SMILES string of the molecule is CNC(=O)Nc1cccc(NC(=O)Cc2cccc(C(F)(F)F)c2)c1. The Bertz CT molecular complexity index is 776. The molecule has 0 fully saturated rings. The van der Waals surface area contributed by atoms with Gasteiger partial charge in [0.2, 0.25) is 5.91 Å². The van der Waals surface area contributed by atoms with Crippen LogP contribution in [0.1, 0.15) is 11.1 Å². The van der Waals surface area contributed by atoms with Crippen LogP contribution < -0.4 is 16.0 Å². The summed E-state index contributed by atoms with van der Waals surface area (Å²) in [6, 6.07) is 10.6. The zero-order valence-corrected chi connectivity index (χ0v) is 13.3. The Labute approximate surface area is 142 Å². The lowest BCUT2D eigenvalue weighted by atomic mass is 10.1. The first kappa shape index (κ1) is 18.3. The molecular formula is C17H16F3N3O2. The maximum absolute atomic E-state index is 12.7. The van der Waals surface area contributed by atoms with E-state index in [-0.39, 0.29) is 12.0 Å². The monoisotopic (exact) mass is 351 g/mol. The van der Waals surface area contributed by atoms with Crippen molar-refractivity contribution < 1.29 is 22.8 Å². The molecule has 0 radical (unpaired) electrons. The third-order valence-corrected chi connectivity index (χ3v) is 3.25. The van der Waals surface area contributed by atoms with E-state index >= 15 is 0 Å². The second-order valence-corrected chi connectivity index (χ2v) is 5.21. The maximum Gasteiger partial charge on any atom is 0.416 e. The number of carbonyl (C=O) groups excluding carboxylic acids is 2. The molecule has 2 rings (SSSR count). The number of nitrogens with one attached hydrogen (secondary N) is 3. The molecule has 2 aromatic carbocycles. The lowest BCUT2D eigenvalue weighted by molar-refractivity contribution is -0.137. The number of hydrogen-bond acceptors (Lipinski definition) is 2. The van der Waals surface area contributed by atoms with E-state index in [1.54, 1.807) is 24.3 Å². The first-order valence-corrected chi connectivity index (χ1v) is 7.33. The summed E-state index contributed by atoms with van der Waals surface area (Å²) in [5.41, 5.74) is 0.351. The average Bonchev–Trinajstić information content (AvgIpc) is 2.54. The third kappa shape index (κ3) is 5.52. The van der Waals surface area contributed by atoms with E-state index in [1.807, 2.05) is 0 Å². The summed E-state index contributed by atoms with van der Waals surface area (Å²) in [4.78, 5) is 23.3. The summed E-state index contributed by atoms with van der Waals surface area (Å²) < 4.78 is 38.1. The molecule has 0 saturated carbocycles. The molecule has 0 atom stereocenters. The Hall–Kier alpha value is -3.03. The first-order chi connectivity index (χ1) is 11.8. The minimum atomic E-state index is -4.45. The van der Waals surface area contributed by atoms with Crippen molar-refractivity contribution in [2.24, 2.45) is 0 Å². The zero-order chi connectivity index (χ0) is 18.4. The fraction of sp³-hybridized carbons (Fsp3) is 0.176. The second kappa shape index (κ2) is 7.69. The van der Waals surface area contributed by atoms with Crippen molar-refractivity contribution in [3.05, 3.63) is 59.7 Å². The van der Waals surface area contributed by atoms with Crippen LogP contribution in [0.4, 0.5) is 29.3 Å². The predicted molar refractivity (Wildman–Crippen MR) is 88.3 cm³/mol. The van der Waals surface area contributed by atoms with Crippen molar-refractivity contribution in [2.45, 2.75) is 12.6 Å². The molecule has 8 heteroatoms. The normalized spacial score (nSPS) is 10.9. The molecule has 0 aromatic heterocycles. The molecule has 0 aliphatic heterocycles. The number of rotatable bonds is 4. The number of hydrogen-bond donors (Lipinski definition) is 3. The molecule has 0 heterocycles. The highest BCUT2D eigenvalue weighted by molar-refractivity contribution is 5.94. The van der Waals surface area contributed by atoms with Crippen molar-refractivity contribution in [3.8, 4) is 0 Å². The van der Waals surface area contributed by atoms with E-state index < -0.39 is 23.7 Å². The van der Waals surface area contributed by atoms with Crippen LogP contribution in [0.25, 0.3) is 0 Å². The molecule has 25 heavy (non-hydrogen) atoms. The molecule has 0 unspecified atom stereocenters. The van der Waals surface area contributed by atoms with Gasteiger partial charge in [0.15, 0.2) is 0 Å². The largest absolute Gasteiger partial charge is 0.416 e. The quantitative estimate of drug-likeness (QED) is 0.787. The van der Waals surface area contributed by atoms with Crippen molar-refractivity contribution in [1.82, 2.24) is 5.32 Å². The summed E-state index contributed by atoms with van der Waals surface area (Å²) in [5, 5.41) is 7.54. The average molecular weight is 351 g/mol. The highest BCUT2D eigenvalue weighted by Gasteiger charge is 2.30. The summed E-state index contributed by atoms with van der Waals surface area (Å²) >= 11 is 0. The molecule has 0 saturated heterocycles. The van der Waals surface area contributed by atoms with Crippen molar-refractivity contribution in [3.63, 3.8) is 0 Å². The number of anilines is 2. The molecule has 5 nitrogen and oxygen atoms in total. The standard InChI is InChI=1S/C17H16F3N3O2/c1-21-16(25)23-14-7-3-6-13(10-14)22-15(24)9-11-4-2-5-12(8-11)17(18,19)20/h2-8,10H,9H2,1H3,(H,22,24)(H2,21,23,25). The molecular weight excluding hydrogens is 335 g/mol. The van der Waals surface area contributed by atoms with Gasteiger partial charge in [0.25, 0.3) is 0 Å². The van der Waals surface area contributed by atoms with Gasteiger partial charge >= 0.3 is 12.2 Å². The Morgan fingerprint density at radius 2 is 1.60 bits per heavy atom. The Kier molecular flexibility index (Phi) is 5.63. The highest BCUT2D eigenvalue weighted by Crippen LogP contribution is 2.29. The molecule has 0 aliphatic carbocycles. The lowest BCUT2D eigenvalue weighted by Gasteiger charge is -2.10. The Morgan fingerprint density at radius 1 is 0.960 bits per heavy atom. The number of benzene rings is 2. The highest BCUT2D eigenvalue weighted by atomic mass is 19.4. The van der Waals surface area contributed by atoms with Crippen molar-refractivity contribution >= 4 is 23.3 Å². The van der Waals surface area contributed by atoms with E-state index in [9.17, 15) is 22.8 Å². The van der Waals surface area contributed by atoms with Crippen LogP contribution in [-0.4, -0.2) is 19.0 Å². The summed E-state index contributed by atoms with van der Waals surface area (Å²) in [6.45, 7) is 0. The van der Waals surface area contributed by atoms with Gasteiger partial charge in [-0.3, -0.25) is 4.79 Å².